The molecule has 0 spiro atoms. The Balaban J connectivity index is 1.16. The number of benzene rings is 1. The topological polar surface area (TPSA) is 114 Å². The number of pyridine rings is 1. The molecule has 1 aliphatic heterocycles. The molecule has 10 nitrogen and oxygen atoms in total. The van der Waals surface area contributed by atoms with Crippen molar-refractivity contribution in [3.05, 3.63) is 48.5 Å². The number of unbranched alkanes of at least 4 members (excludes halogenated alkanes) is 2. The van der Waals surface area contributed by atoms with E-state index in [1.165, 1.54) is 6.92 Å². The van der Waals surface area contributed by atoms with Gasteiger partial charge in [0.25, 0.3) is 0 Å². The van der Waals surface area contributed by atoms with Crippen LogP contribution in [0.2, 0.25) is 0 Å². The zero-order chi connectivity index (χ0) is 23.9. The average Bonchev–Trinajstić information content (AvgIpc) is 3.42. The number of carbonyl (C=O) groups is 2. The van der Waals surface area contributed by atoms with E-state index in [1.54, 1.807) is 30.2 Å². The Morgan fingerprint density at radius 2 is 1.97 bits per heavy atom. The van der Waals surface area contributed by atoms with Crippen LogP contribution in [0.4, 0.5) is 16.3 Å². The molecule has 178 valence electrons. The number of hydrogen-bond acceptors (Lipinski definition) is 7. The number of hydrogen-bond donors (Lipinski definition) is 1. The highest BCUT2D eigenvalue weighted by Crippen LogP contribution is 2.23. The summed E-state index contributed by atoms with van der Waals surface area (Å²) < 4.78 is 10.8. The number of aromatic nitrogens is 3. The first kappa shape index (κ1) is 23.2. The molecule has 0 saturated carbocycles. The van der Waals surface area contributed by atoms with Gasteiger partial charge in [-0.15, -0.1) is 0 Å². The summed E-state index contributed by atoms with van der Waals surface area (Å²) >= 11 is 0. The highest BCUT2D eigenvalue weighted by atomic mass is 16.5. The summed E-state index contributed by atoms with van der Waals surface area (Å²) in [6, 6.07) is 11.1. The number of urea groups is 1. The fourth-order valence-electron chi connectivity index (χ4n) is 3.75. The van der Waals surface area contributed by atoms with Crippen LogP contribution in [0.3, 0.4) is 0 Å². The Morgan fingerprint density at radius 1 is 1.15 bits per heavy atom. The number of carbonyl (C=O) groups excluding carboxylic acids is 2. The van der Waals surface area contributed by atoms with Gasteiger partial charge in [0.15, 0.2) is 0 Å². The normalized spacial score (nSPS) is 13.4. The van der Waals surface area contributed by atoms with Crippen molar-refractivity contribution in [2.45, 2.75) is 33.1 Å². The van der Waals surface area contributed by atoms with Gasteiger partial charge >= 0.3 is 6.03 Å². The fourth-order valence-corrected chi connectivity index (χ4v) is 3.75. The predicted octanol–water partition coefficient (Wildman–Crippen LogP) is 3.89. The zero-order valence-corrected chi connectivity index (χ0v) is 19.4. The fraction of sp³-hybridized carbons (Fsp3) is 0.375. The van der Waals surface area contributed by atoms with Crippen molar-refractivity contribution in [3.8, 4) is 17.1 Å². The predicted molar refractivity (Wildman–Crippen MR) is 127 cm³/mol. The monoisotopic (exact) mass is 464 g/mol. The van der Waals surface area contributed by atoms with Crippen LogP contribution in [0.1, 0.15) is 32.1 Å². The summed E-state index contributed by atoms with van der Waals surface area (Å²) in [6.45, 7) is 5.80. The summed E-state index contributed by atoms with van der Waals surface area (Å²) in [6.07, 6.45) is 4.37. The molecule has 3 aromatic rings. The van der Waals surface area contributed by atoms with E-state index in [0.717, 1.165) is 36.3 Å². The minimum Gasteiger partial charge on any atom is -0.494 e. The van der Waals surface area contributed by atoms with E-state index in [1.807, 2.05) is 29.2 Å². The molecule has 4 rings (SSSR count). The second-order valence-electron chi connectivity index (χ2n) is 8.07. The summed E-state index contributed by atoms with van der Waals surface area (Å²) in [7, 11) is 0. The molecule has 0 aliphatic carbocycles. The lowest BCUT2D eigenvalue weighted by Gasteiger charge is -2.19. The maximum Gasteiger partial charge on any atom is 0.324 e. The molecule has 1 aromatic carbocycles. The van der Waals surface area contributed by atoms with E-state index < -0.39 is 0 Å². The van der Waals surface area contributed by atoms with E-state index in [-0.39, 0.29) is 11.9 Å². The molecule has 1 saturated heterocycles. The molecule has 1 aliphatic rings. The Hall–Kier alpha value is -3.95. The summed E-state index contributed by atoms with van der Waals surface area (Å²) in [5.41, 5.74) is 1.62. The van der Waals surface area contributed by atoms with Crippen LogP contribution in [0.15, 0.2) is 47.1 Å². The van der Waals surface area contributed by atoms with Gasteiger partial charge < -0.3 is 19.5 Å². The largest absolute Gasteiger partial charge is 0.494 e. The first-order chi connectivity index (χ1) is 16.5. The molecule has 0 atom stereocenters. The molecule has 34 heavy (non-hydrogen) atoms. The van der Waals surface area contributed by atoms with Gasteiger partial charge in [-0.05, 0) is 49.6 Å². The van der Waals surface area contributed by atoms with Crippen LogP contribution >= 0.6 is 0 Å². The number of anilines is 2. The number of nitrogens with zero attached hydrogens (tertiary/aromatic N) is 5. The molecular formula is C24H28N6O4. The van der Waals surface area contributed by atoms with Crippen LogP contribution in [-0.4, -0.2) is 58.2 Å². The molecule has 0 bridgehead atoms. The van der Waals surface area contributed by atoms with Gasteiger partial charge in [-0.3, -0.25) is 9.69 Å². The van der Waals surface area contributed by atoms with Gasteiger partial charge in [0, 0.05) is 51.3 Å². The van der Waals surface area contributed by atoms with Crippen molar-refractivity contribution in [1.82, 2.24) is 20.0 Å². The standard InChI is InChI=1S/C24H28N6O4/c1-17(31)26-22-16-20(10-11-25-22)30-14-13-29(24(30)32)12-4-3-5-15-33-21-8-6-19(7-9-21)23-27-18(2)34-28-23/h6-11,16H,3-5,12-15H2,1-2H3,(H,25,26,31). The Labute approximate surface area is 197 Å². The van der Waals surface area contributed by atoms with E-state index >= 15 is 0 Å². The van der Waals surface area contributed by atoms with Gasteiger partial charge in [0.2, 0.25) is 17.6 Å². The number of ether oxygens (including phenoxy) is 1. The quantitative estimate of drug-likeness (QED) is 0.453. The van der Waals surface area contributed by atoms with Gasteiger partial charge in [-0.1, -0.05) is 5.16 Å². The third-order valence-corrected chi connectivity index (χ3v) is 5.44. The Morgan fingerprint density at radius 3 is 2.71 bits per heavy atom. The van der Waals surface area contributed by atoms with Gasteiger partial charge in [0.1, 0.15) is 11.6 Å². The second-order valence-corrected chi connectivity index (χ2v) is 8.07. The van der Waals surface area contributed by atoms with Crippen molar-refractivity contribution in [2.24, 2.45) is 0 Å². The molecule has 3 heterocycles. The number of amides is 3. The molecular weight excluding hydrogens is 436 g/mol. The maximum absolute atomic E-state index is 12.8. The van der Waals surface area contributed by atoms with Crippen LogP contribution in [0.25, 0.3) is 11.4 Å². The maximum atomic E-state index is 12.8. The minimum absolute atomic E-state index is 0.0203. The first-order valence-electron chi connectivity index (χ1n) is 11.3. The third kappa shape index (κ3) is 5.89. The molecule has 0 unspecified atom stereocenters. The highest BCUT2D eigenvalue weighted by molar-refractivity contribution is 5.95. The highest BCUT2D eigenvalue weighted by Gasteiger charge is 2.29. The lowest BCUT2D eigenvalue weighted by Crippen LogP contribution is -2.32. The van der Waals surface area contributed by atoms with Crippen LogP contribution < -0.4 is 15.0 Å². The average molecular weight is 465 g/mol. The second kappa shape index (κ2) is 10.8. The van der Waals surface area contributed by atoms with E-state index in [2.05, 4.69) is 20.4 Å². The molecule has 1 N–H and O–H groups in total. The first-order valence-corrected chi connectivity index (χ1v) is 11.3. The van der Waals surface area contributed by atoms with E-state index in [4.69, 9.17) is 9.26 Å². The van der Waals surface area contributed by atoms with Crippen LogP contribution in [0, 0.1) is 6.92 Å². The molecule has 3 amide bonds. The smallest absolute Gasteiger partial charge is 0.324 e. The number of rotatable bonds is 10. The summed E-state index contributed by atoms with van der Waals surface area (Å²) in [4.78, 5) is 35.9. The summed E-state index contributed by atoms with van der Waals surface area (Å²) in [5.74, 6) is 2.14. The van der Waals surface area contributed by atoms with Gasteiger partial charge in [0.05, 0.1) is 12.3 Å². The van der Waals surface area contributed by atoms with Gasteiger partial charge in [-0.2, -0.15) is 4.98 Å². The van der Waals surface area contributed by atoms with E-state index in [0.29, 0.717) is 43.8 Å². The zero-order valence-electron chi connectivity index (χ0n) is 19.4. The lowest BCUT2D eigenvalue weighted by molar-refractivity contribution is -0.114. The lowest BCUT2D eigenvalue weighted by atomic mass is 10.2. The number of aryl methyl sites for hydroxylation is 1. The SMILES string of the molecule is CC(=O)Nc1cc(N2CCN(CCCCCOc3ccc(-c4noc(C)n4)cc3)C2=O)ccn1. The van der Waals surface area contributed by atoms with Crippen LogP contribution in [-0.2, 0) is 4.79 Å². The molecule has 10 heteroatoms. The van der Waals surface area contributed by atoms with E-state index in [9.17, 15) is 9.59 Å². The Kier molecular flexibility index (Phi) is 7.36. The molecule has 2 aromatic heterocycles. The van der Waals surface area contributed by atoms with Crippen molar-refractivity contribution < 1.29 is 18.8 Å². The van der Waals surface area contributed by atoms with Crippen molar-refractivity contribution in [3.63, 3.8) is 0 Å². The van der Waals surface area contributed by atoms with Crippen molar-refractivity contribution >= 4 is 23.4 Å². The Bertz CT molecular complexity index is 1130. The molecule has 0 radical (unpaired) electrons. The summed E-state index contributed by atoms with van der Waals surface area (Å²) in [5, 5.41) is 6.56. The van der Waals surface area contributed by atoms with Crippen molar-refractivity contribution in [1.29, 1.82) is 0 Å². The van der Waals surface area contributed by atoms with Gasteiger partial charge in [-0.25, -0.2) is 9.78 Å². The third-order valence-electron chi connectivity index (χ3n) is 5.44. The molecule has 1 fully saturated rings. The van der Waals surface area contributed by atoms with Crippen molar-refractivity contribution in [2.75, 3.05) is 36.5 Å². The minimum atomic E-state index is -0.195. The van der Waals surface area contributed by atoms with Crippen LogP contribution in [0.5, 0.6) is 5.75 Å². The number of nitrogens with one attached hydrogen (secondary N) is 1.